The van der Waals surface area contributed by atoms with Gasteiger partial charge in [0.15, 0.2) is 0 Å². The molecule has 4 nitrogen and oxygen atoms in total. The largest absolute Gasteiger partial charge is 0.335 e. The van der Waals surface area contributed by atoms with E-state index in [-0.39, 0.29) is 12.0 Å². The minimum absolute atomic E-state index is 0.148. The summed E-state index contributed by atoms with van der Waals surface area (Å²) in [4.78, 5) is 15.5. The van der Waals surface area contributed by atoms with Crippen LogP contribution in [0.5, 0.6) is 0 Å². The Bertz CT molecular complexity index is 766. The van der Waals surface area contributed by atoms with E-state index in [9.17, 15) is 4.79 Å². The molecule has 25 heavy (non-hydrogen) atoms. The molecule has 1 saturated heterocycles. The second-order valence-corrected chi connectivity index (χ2v) is 7.71. The molecule has 2 heterocycles. The second-order valence-electron chi connectivity index (χ2n) is 7.71. The van der Waals surface area contributed by atoms with Crippen LogP contribution in [0.25, 0.3) is 0 Å². The number of nitrogens with zero attached hydrogens (tertiary/aromatic N) is 3. The molecule has 4 heteroatoms. The van der Waals surface area contributed by atoms with Crippen molar-refractivity contribution in [1.82, 2.24) is 14.7 Å². The Hall–Kier alpha value is -2.10. The van der Waals surface area contributed by atoms with Gasteiger partial charge in [0, 0.05) is 25.7 Å². The molecule has 132 valence electrons. The normalized spacial score (nSPS) is 26.3. The van der Waals surface area contributed by atoms with E-state index in [1.54, 1.807) is 0 Å². The highest BCUT2D eigenvalue weighted by Crippen LogP contribution is 2.49. The zero-order valence-electron chi connectivity index (χ0n) is 15.2. The highest BCUT2D eigenvalue weighted by Gasteiger charge is 2.47. The number of aryl methyl sites for hydroxylation is 2. The first-order chi connectivity index (χ1) is 12.1. The fourth-order valence-electron chi connectivity index (χ4n) is 4.28. The Labute approximate surface area is 149 Å². The van der Waals surface area contributed by atoms with Gasteiger partial charge in [-0.3, -0.25) is 9.48 Å². The molecule has 0 N–H and O–H groups in total. The molecule has 0 spiro atoms. The number of amides is 1. The first-order valence-electron chi connectivity index (χ1n) is 9.49. The highest BCUT2D eigenvalue weighted by atomic mass is 16.2. The molecule has 1 amide bonds. The van der Waals surface area contributed by atoms with Crippen LogP contribution in [0.3, 0.4) is 0 Å². The number of aromatic nitrogens is 2. The summed E-state index contributed by atoms with van der Waals surface area (Å²) in [6, 6.07) is 8.93. The van der Waals surface area contributed by atoms with Gasteiger partial charge in [-0.15, -0.1) is 0 Å². The van der Waals surface area contributed by atoms with E-state index in [0.29, 0.717) is 11.8 Å². The predicted molar refractivity (Wildman–Crippen MR) is 98.2 cm³/mol. The zero-order chi connectivity index (χ0) is 17.4. The molecule has 2 aromatic rings. The molecule has 0 radical (unpaired) electrons. The van der Waals surface area contributed by atoms with E-state index in [0.717, 1.165) is 25.8 Å². The molecule has 1 aromatic carbocycles. The van der Waals surface area contributed by atoms with Crippen molar-refractivity contribution in [3.63, 3.8) is 0 Å². The van der Waals surface area contributed by atoms with Crippen molar-refractivity contribution in [2.45, 2.75) is 51.0 Å². The Morgan fingerprint density at radius 2 is 2.08 bits per heavy atom. The number of rotatable bonds is 3. The van der Waals surface area contributed by atoms with Crippen molar-refractivity contribution in [1.29, 1.82) is 0 Å². The Balaban J connectivity index is 1.54. The van der Waals surface area contributed by atoms with Gasteiger partial charge in [-0.25, -0.2) is 0 Å². The van der Waals surface area contributed by atoms with Crippen LogP contribution in [0.15, 0.2) is 36.7 Å². The van der Waals surface area contributed by atoms with Crippen molar-refractivity contribution in [3.8, 4) is 0 Å². The highest BCUT2D eigenvalue weighted by molar-refractivity contribution is 5.83. The first-order valence-corrected chi connectivity index (χ1v) is 9.49. The van der Waals surface area contributed by atoms with Crippen LogP contribution in [0, 0.1) is 12.8 Å². The summed E-state index contributed by atoms with van der Waals surface area (Å²) in [6.45, 7) is 3.03. The van der Waals surface area contributed by atoms with Gasteiger partial charge in [0.05, 0.1) is 12.2 Å². The molecule has 2 aliphatic rings. The zero-order valence-corrected chi connectivity index (χ0v) is 15.2. The van der Waals surface area contributed by atoms with E-state index >= 15 is 0 Å². The van der Waals surface area contributed by atoms with E-state index in [2.05, 4.69) is 47.4 Å². The second kappa shape index (κ2) is 6.66. The quantitative estimate of drug-likeness (QED) is 0.850. The van der Waals surface area contributed by atoms with Gasteiger partial charge in [0.1, 0.15) is 0 Å². The van der Waals surface area contributed by atoms with Crippen LogP contribution in [0.4, 0.5) is 0 Å². The van der Waals surface area contributed by atoms with Gasteiger partial charge in [-0.05, 0) is 43.2 Å². The maximum absolute atomic E-state index is 13.3. The monoisotopic (exact) mass is 337 g/mol. The van der Waals surface area contributed by atoms with Crippen molar-refractivity contribution < 1.29 is 4.79 Å². The molecule has 2 fully saturated rings. The van der Waals surface area contributed by atoms with Crippen molar-refractivity contribution in [2.75, 3.05) is 6.54 Å². The van der Waals surface area contributed by atoms with Crippen molar-refractivity contribution >= 4 is 5.91 Å². The minimum Gasteiger partial charge on any atom is -0.335 e. The molecular weight excluding hydrogens is 310 g/mol. The van der Waals surface area contributed by atoms with Crippen LogP contribution in [-0.2, 0) is 11.8 Å². The number of carbonyl (C=O) groups is 1. The molecular formula is C21H27N3O. The van der Waals surface area contributed by atoms with Crippen LogP contribution in [-0.4, -0.2) is 27.1 Å². The van der Waals surface area contributed by atoms with Crippen molar-refractivity contribution in [3.05, 3.63) is 53.3 Å². The molecule has 1 aliphatic heterocycles. The van der Waals surface area contributed by atoms with Gasteiger partial charge >= 0.3 is 0 Å². The fraction of sp³-hybridized carbons (Fsp3) is 0.524. The lowest BCUT2D eigenvalue weighted by Gasteiger charge is -2.31. The van der Waals surface area contributed by atoms with Gasteiger partial charge in [0.25, 0.3) is 0 Å². The number of likely N-dealkylation sites (tertiary alicyclic amines) is 1. The van der Waals surface area contributed by atoms with Gasteiger partial charge < -0.3 is 4.90 Å². The summed E-state index contributed by atoms with van der Waals surface area (Å²) in [5.41, 5.74) is 3.78. The van der Waals surface area contributed by atoms with Crippen LogP contribution >= 0.6 is 0 Å². The van der Waals surface area contributed by atoms with Gasteiger partial charge in [-0.2, -0.15) is 5.10 Å². The van der Waals surface area contributed by atoms with Crippen LogP contribution in [0.2, 0.25) is 0 Å². The molecule has 0 unspecified atom stereocenters. The summed E-state index contributed by atoms with van der Waals surface area (Å²) in [5, 5.41) is 4.26. The van der Waals surface area contributed by atoms with Crippen molar-refractivity contribution in [2.24, 2.45) is 13.0 Å². The third-order valence-electron chi connectivity index (χ3n) is 5.72. The molecule has 1 saturated carbocycles. The summed E-state index contributed by atoms with van der Waals surface area (Å²) in [7, 11) is 1.94. The van der Waals surface area contributed by atoms with E-state index in [1.165, 1.54) is 29.5 Å². The average Bonchev–Trinajstić information content (AvgIpc) is 3.34. The Kier molecular flexibility index (Phi) is 4.36. The van der Waals surface area contributed by atoms with E-state index < -0.39 is 0 Å². The Morgan fingerprint density at radius 3 is 2.84 bits per heavy atom. The molecule has 0 bridgehead atoms. The molecule has 1 aromatic heterocycles. The lowest BCUT2D eigenvalue weighted by Crippen LogP contribution is -2.36. The predicted octanol–water partition coefficient (Wildman–Crippen LogP) is 3.98. The maximum Gasteiger partial charge on any atom is 0.226 e. The lowest BCUT2D eigenvalue weighted by molar-refractivity contribution is -0.135. The number of carbonyl (C=O) groups excluding carboxylic acids is 1. The summed E-state index contributed by atoms with van der Waals surface area (Å²) in [6.07, 6.45) is 9.58. The average molecular weight is 337 g/mol. The summed E-state index contributed by atoms with van der Waals surface area (Å²) < 4.78 is 1.83. The van der Waals surface area contributed by atoms with Gasteiger partial charge in [0.2, 0.25) is 5.91 Å². The SMILES string of the molecule is Cc1cccc([C@@H]2CCCCCN2C(=O)[C@@H]2C[C@@H]2c2cnn(C)c2)c1. The first kappa shape index (κ1) is 16.4. The van der Waals surface area contributed by atoms with Gasteiger partial charge in [-0.1, -0.05) is 42.7 Å². The number of hydrogen-bond donors (Lipinski definition) is 0. The van der Waals surface area contributed by atoms with E-state index in [1.807, 2.05) is 17.9 Å². The fourth-order valence-corrected chi connectivity index (χ4v) is 4.28. The third kappa shape index (κ3) is 3.35. The molecule has 3 atom stereocenters. The lowest BCUT2D eigenvalue weighted by atomic mass is 9.98. The maximum atomic E-state index is 13.3. The molecule has 1 aliphatic carbocycles. The number of hydrogen-bond acceptors (Lipinski definition) is 2. The van der Waals surface area contributed by atoms with E-state index in [4.69, 9.17) is 0 Å². The summed E-state index contributed by atoms with van der Waals surface area (Å²) in [5.74, 6) is 0.861. The standard InChI is InChI=1S/C21H27N3O/c1-15-7-6-8-16(11-15)20-9-4-3-5-10-24(20)21(25)19-12-18(19)17-13-22-23(2)14-17/h6-8,11,13-14,18-20H,3-5,9-10,12H2,1-2H3/t18-,19-,20+/m1/s1. The third-order valence-corrected chi connectivity index (χ3v) is 5.72. The number of benzene rings is 1. The Morgan fingerprint density at radius 1 is 1.20 bits per heavy atom. The van der Waals surface area contributed by atoms with Crippen LogP contribution in [0.1, 0.15) is 60.8 Å². The van der Waals surface area contributed by atoms with Crippen LogP contribution < -0.4 is 0 Å². The summed E-state index contributed by atoms with van der Waals surface area (Å²) >= 11 is 0. The topological polar surface area (TPSA) is 38.1 Å². The molecule has 4 rings (SSSR count). The smallest absolute Gasteiger partial charge is 0.226 e. The minimum atomic E-state index is 0.148.